The van der Waals surface area contributed by atoms with Crippen molar-refractivity contribution in [3.05, 3.63) is 59.7 Å². The third kappa shape index (κ3) is 5.23. The molecule has 3 N–H and O–H groups in total. The Morgan fingerprint density at radius 2 is 1.48 bits per heavy atom. The van der Waals surface area contributed by atoms with E-state index in [1.165, 1.54) is 6.92 Å². The van der Waals surface area contributed by atoms with E-state index in [4.69, 9.17) is 9.84 Å². The lowest BCUT2D eigenvalue weighted by atomic mass is 9.98. The molecule has 0 fully saturated rings. The van der Waals surface area contributed by atoms with Gasteiger partial charge in [0, 0.05) is 18.4 Å². The number of nitrogens with one attached hydrogen (secondary N) is 2. The lowest BCUT2D eigenvalue weighted by molar-refractivity contribution is -0.141. The first-order valence-corrected chi connectivity index (χ1v) is 10.4. The second kappa shape index (κ2) is 9.64. The van der Waals surface area contributed by atoms with Gasteiger partial charge < -0.3 is 20.5 Å². The molecule has 7 heteroatoms. The van der Waals surface area contributed by atoms with E-state index in [1.807, 2.05) is 50.2 Å². The molecule has 0 radical (unpaired) electrons. The van der Waals surface area contributed by atoms with Gasteiger partial charge in [0.2, 0.25) is 5.91 Å². The Hall–Kier alpha value is -3.35. The van der Waals surface area contributed by atoms with Crippen molar-refractivity contribution in [3.8, 4) is 11.1 Å². The van der Waals surface area contributed by atoms with Crippen molar-refractivity contribution in [2.75, 3.05) is 6.61 Å². The molecule has 2 atom stereocenters. The van der Waals surface area contributed by atoms with Crippen LogP contribution in [0.25, 0.3) is 11.1 Å². The number of amides is 2. The first-order chi connectivity index (χ1) is 14.8. The molecular weight excluding hydrogens is 396 g/mol. The molecule has 0 aromatic heterocycles. The summed E-state index contributed by atoms with van der Waals surface area (Å²) in [5.41, 5.74) is 4.55. The van der Waals surface area contributed by atoms with Crippen LogP contribution in [0.4, 0.5) is 4.79 Å². The summed E-state index contributed by atoms with van der Waals surface area (Å²) in [5, 5.41) is 14.1. The van der Waals surface area contributed by atoms with Gasteiger partial charge in [0.1, 0.15) is 12.6 Å². The Balaban J connectivity index is 1.61. The molecule has 0 spiro atoms. The normalized spacial score (nSPS) is 14.3. The van der Waals surface area contributed by atoms with Crippen LogP contribution < -0.4 is 10.6 Å². The zero-order chi connectivity index (χ0) is 22.5. The van der Waals surface area contributed by atoms with E-state index < -0.39 is 30.1 Å². The Morgan fingerprint density at radius 3 is 2.00 bits per heavy atom. The largest absolute Gasteiger partial charge is 0.480 e. The van der Waals surface area contributed by atoms with Gasteiger partial charge in [0.25, 0.3) is 0 Å². The van der Waals surface area contributed by atoms with Crippen LogP contribution in [0.15, 0.2) is 48.5 Å². The van der Waals surface area contributed by atoms with Crippen molar-refractivity contribution in [1.82, 2.24) is 10.6 Å². The molecule has 164 valence electrons. The number of ether oxygens (including phenoxy) is 1. The molecule has 0 aliphatic heterocycles. The maximum absolute atomic E-state index is 12.5. The number of hydrogen-bond acceptors (Lipinski definition) is 4. The highest BCUT2D eigenvalue weighted by atomic mass is 16.5. The van der Waals surface area contributed by atoms with E-state index in [2.05, 4.69) is 22.8 Å². The van der Waals surface area contributed by atoms with E-state index >= 15 is 0 Å². The molecular formula is C24H28N2O5. The quantitative estimate of drug-likeness (QED) is 0.601. The van der Waals surface area contributed by atoms with E-state index in [1.54, 1.807) is 0 Å². The Morgan fingerprint density at radius 1 is 0.935 bits per heavy atom. The van der Waals surface area contributed by atoms with E-state index in [0.717, 1.165) is 22.3 Å². The number of benzene rings is 2. The Bertz CT molecular complexity index is 926. The molecule has 0 bridgehead atoms. The number of carbonyl (C=O) groups excluding carboxylic acids is 2. The van der Waals surface area contributed by atoms with Crippen LogP contribution in [-0.4, -0.2) is 41.8 Å². The predicted octanol–water partition coefficient (Wildman–Crippen LogP) is 3.53. The Kier molecular flexibility index (Phi) is 6.95. The molecule has 0 saturated carbocycles. The summed E-state index contributed by atoms with van der Waals surface area (Å²) in [4.78, 5) is 35.5. The van der Waals surface area contributed by atoms with Crippen molar-refractivity contribution in [2.24, 2.45) is 5.92 Å². The maximum Gasteiger partial charge on any atom is 0.407 e. The molecule has 1 aliphatic rings. The second-order valence-corrected chi connectivity index (χ2v) is 8.15. The van der Waals surface area contributed by atoms with Crippen molar-refractivity contribution < 1.29 is 24.2 Å². The molecule has 1 aliphatic carbocycles. The minimum absolute atomic E-state index is 0.0283. The fraction of sp³-hybridized carbons (Fsp3) is 0.375. The molecule has 0 unspecified atom stereocenters. The van der Waals surface area contributed by atoms with E-state index in [9.17, 15) is 14.4 Å². The SMILES string of the molecule is CC(C)[C@@H](CC(=O)N[C@H](C)C(=O)O)NC(=O)OCC1c2ccccc2-c2ccccc21. The fourth-order valence-corrected chi connectivity index (χ4v) is 3.81. The van der Waals surface area contributed by atoms with Crippen LogP contribution in [0.2, 0.25) is 0 Å². The lowest BCUT2D eigenvalue weighted by Gasteiger charge is -2.23. The summed E-state index contributed by atoms with van der Waals surface area (Å²) in [6, 6.07) is 14.7. The molecule has 2 aromatic carbocycles. The topological polar surface area (TPSA) is 105 Å². The number of carboxylic acids is 1. The average Bonchev–Trinajstić information content (AvgIpc) is 3.05. The summed E-state index contributed by atoms with van der Waals surface area (Å²) < 4.78 is 5.55. The minimum Gasteiger partial charge on any atom is -0.480 e. The Labute approximate surface area is 181 Å². The maximum atomic E-state index is 12.5. The van der Waals surface area contributed by atoms with E-state index in [-0.39, 0.29) is 24.9 Å². The molecule has 0 heterocycles. The monoisotopic (exact) mass is 424 g/mol. The van der Waals surface area contributed by atoms with E-state index in [0.29, 0.717) is 0 Å². The van der Waals surface area contributed by atoms with Gasteiger partial charge in [-0.1, -0.05) is 62.4 Å². The number of carboxylic acid groups (broad SMARTS) is 1. The minimum atomic E-state index is -1.11. The van der Waals surface area contributed by atoms with Crippen LogP contribution in [0.5, 0.6) is 0 Å². The summed E-state index contributed by atoms with van der Waals surface area (Å²) in [5.74, 6) is -1.63. The average molecular weight is 424 g/mol. The summed E-state index contributed by atoms with van der Waals surface area (Å²) >= 11 is 0. The lowest BCUT2D eigenvalue weighted by Crippen LogP contribution is -2.45. The fourth-order valence-electron chi connectivity index (χ4n) is 3.81. The third-order valence-electron chi connectivity index (χ3n) is 5.60. The number of rotatable bonds is 8. The van der Waals surface area contributed by atoms with Gasteiger partial charge in [0.05, 0.1) is 0 Å². The molecule has 2 aromatic rings. The molecule has 31 heavy (non-hydrogen) atoms. The van der Waals surface area contributed by atoms with Crippen LogP contribution >= 0.6 is 0 Å². The van der Waals surface area contributed by atoms with Gasteiger partial charge in [-0.3, -0.25) is 9.59 Å². The number of alkyl carbamates (subject to hydrolysis) is 1. The summed E-state index contributed by atoms with van der Waals surface area (Å²) in [7, 11) is 0. The number of hydrogen-bond donors (Lipinski definition) is 3. The molecule has 7 nitrogen and oxygen atoms in total. The third-order valence-corrected chi connectivity index (χ3v) is 5.60. The number of fused-ring (bicyclic) bond motifs is 3. The van der Waals surface area contributed by atoms with Crippen LogP contribution in [-0.2, 0) is 14.3 Å². The molecule has 0 saturated heterocycles. The number of aliphatic carboxylic acids is 1. The standard InChI is InChI=1S/C24H28N2O5/c1-14(2)21(12-22(27)25-15(3)23(28)29)26-24(30)31-13-20-18-10-6-4-8-16(18)17-9-5-7-11-19(17)20/h4-11,14-15,20-21H,12-13H2,1-3H3,(H,25,27)(H,26,30)(H,28,29)/t15-,21-/m1/s1. The van der Waals surface area contributed by atoms with Crippen molar-refractivity contribution >= 4 is 18.0 Å². The van der Waals surface area contributed by atoms with Gasteiger partial charge in [0.15, 0.2) is 0 Å². The van der Waals surface area contributed by atoms with Crippen LogP contribution in [0, 0.1) is 5.92 Å². The van der Waals surface area contributed by atoms with Crippen molar-refractivity contribution in [2.45, 2.75) is 45.2 Å². The zero-order valence-corrected chi connectivity index (χ0v) is 17.9. The van der Waals surface area contributed by atoms with Gasteiger partial charge in [-0.25, -0.2) is 4.79 Å². The highest BCUT2D eigenvalue weighted by molar-refractivity contribution is 5.84. The first kappa shape index (κ1) is 22.3. The predicted molar refractivity (Wildman–Crippen MR) is 117 cm³/mol. The van der Waals surface area contributed by atoms with Gasteiger partial charge in [-0.2, -0.15) is 0 Å². The van der Waals surface area contributed by atoms with Gasteiger partial charge in [-0.05, 0) is 35.1 Å². The van der Waals surface area contributed by atoms with Crippen LogP contribution in [0.3, 0.4) is 0 Å². The summed E-state index contributed by atoms with van der Waals surface area (Å²) in [6.45, 7) is 5.33. The number of carbonyl (C=O) groups is 3. The summed E-state index contributed by atoms with van der Waals surface area (Å²) in [6.07, 6.45) is -0.626. The smallest absolute Gasteiger partial charge is 0.407 e. The molecule has 2 amide bonds. The van der Waals surface area contributed by atoms with Gasteiger partial charge >= 0.3 is 12.1 Å². The van der Waals surface area contributed by atoms with Crippen molar-refractivity contribution in [1.29, 1.82) is 0 Å². The highest BCUT2D eigenvalue weighted by Crippen LogP contribution is 2.44. The van der Waals surface area contributed by atoms with Gasteiger partial charge in [-0.15, -0.1) is 0 Å². The van der Waals surface area contributed by atoms with Crippen molar-refractivity contribution in [3.63, 3.8) is 0 Å². The first-order valence-electron chi connectivity index (χ1n) is 10.4. The zero-order valence-electron chi connectivity index (χ0n) is 17.9. The highest BCUT2D eigenvalue weighted by Gasteiger charge is 2.29. The second-order valence-electron chi connectivity index (χ2n) is 8.15. The van der Waals surface area contributed by atoms with Crippen LogP contribution in [0.1, 0.15) is 44.2 Å². The molecule has 3 rings (SSSR count).